The molecule has 1 fully saturated rings. The fourth-order valence-corrected chi connectivity index (χ4v) is 2.80. The molecule has 1 aliphatic heterocycles. The van der Waals surface area contributed by atoms with E-state index < -0.39 is 6.03 Å². The maximum absolute atomic E-state index is 12.9. The lowest BCUT2D eigenvalue weighted by molar-refractivity contribution is -0.117. The van der Waals surface area contributed by atoms with Gasteiger partial charge in [0.2, 0.25) is 5.91 Å². The van der Waals surface area contributed by atoms with Crippen molar-refractivity contribution in [3.05, 3.63) is 41.7 Å². The average molecular weight is 320 g/mol. The smallest absolute Gasteiger partial charge is 0.321 e. The highest BCUT2D eigenvalue weighted by molar-refractivity contribution is 7.13. The van der Waals surface area contributed by atoms with Crippen molar-refractivity contribution in [2.45, 2.75) is 12.5 Å². The van der Waals surface area contributed by atoms with Crippen LogP contribution in [0.3, 0.4) is 0 Å². The second-order valence-electron chi connectivity index (χ2n) is 4.82. The number of aromatic nitrogens is 1. The number of nitrogens with one attached hydrogen (secondary N) is 2. The summed E-state index contributed by atoms with van der Waals surface area (Å²) in [5.74, 6) is -0.459. The van der Waals surface area contributed by atoms with Crippen LogP contribution in [0.25, 0.3) is 0 Å². The van der Waals surface area contributed by atoms with Gasteiger partial charge in [-0.3, -0.25) is 10.1 Å². The highest BCUT2D eigenvalue weighted by Gasteiger charge is 2.31. The number of benzene rings is 1. The molecule has 1 aromatic carbocycles. The summed E-state index contributed by atoms with van der Waals surface area (Å²) in [6, 6.07) is 5.01. The zero-order valence-electron chi connectivity index (χ0n) is 11.5. The topological polar surface area (TPSA) is 74.3 Å². The van der Waals surface area contributed by atoms with Gasteiger partial charge in [0, 0.05) is 30.2 Å². The molecule has 1 saturated heterocycles. The van der Waals surface area contributed by atoms with Crippen LogP contribution < -0.4 is 15.5 Å². The second kappa shape index (κ2) is 6.10. The van der Waals surface area contributed by atoms with E-state index in [1.165, 1.54) is 28.4 Å². The maximum Gasteiger partial charge on any atom is 0.321 e. The SMILES string of the molecule is O=C(Nc1nccs1)N[C@@H]1CC(=O)N(c2ccc(F)cc2)C1. The number of amides is 3. The van der Waals surface area contributed by atoms with Crippen molar-refractivity contribution in [2.24, 2.45) is 0 Å². The zero-order chi connectivity index (χ0) is 15.5. The van der Waals surface area contributed by atoms with Crippen LogP contribution in [0.2, 0.25) is 0 Å². The van der Waals surface area contributed by atoms with E-state index in [1.54, 1.807) is 23.7 Å². The molecule has 1 atom stereocenters. The highest BCUT2D eigenvalue weighted by Crippen LogP contribution is 2.22. The molecule has 2 heterocycles. The zero-order valence-corrected chi connectivity index (χ0v) is 12.3. The molecule has 3 amide bonds. The normalized spacial score (nSPS) is 17.6. The third kappa shape index (κ3) is 3.22. The van der Waals surface area contributed by atoms with E-state index >= 15 is 0 Å². The maximum atomic E-state index is 12.9. The van der Waals surface area contributed by atoms with E-state index in [1.807, 2.05) is 0 Å². The van der Waals surface area contributed by atoms with Gasteiger partial charge < -0.3 is 10.2 Å². The van der Waals surface area contributed by atoms with Crippen molar-refractivity contribution in [3.8, 4) is 0 Å². The van der Waals surface area contributed by atoms with Crippen molar-refractivity contribution in [1.29, 1.82) is 0 Å². The van der Waals surface area contributed by atoms with Crippen molar-refractivity contribution in [3.63, 3.8) is 0 Å². The van der Waals surface area contributed by atoms with Crippen LogP contribution in [0.4, 0.5) is 20.0 Å². The fourth-order valence-electron chi connectivity index (χ4n) is 2.28. The van der Waals surface area contributed by atoms with Gasteiger partial charge in [0.05, 0.1) is 6.04 Å². The average Bonchev–Trinajstić information content (AvgIpc) is 3.10. The Morgan fingerprint density at radius 2 is 2.14 bits per heavy atom. The summed E-state index contributed by atoms with van der Waals surface area (Å²) >= 11 is 1.31. The lowest BCUT2D eigenvalue weighted by Crippen LogP contribution is -2.39. The third-order valence-electron chi connectivity index (χ3n) is 3.25. The number of hydrogen-bond acceptors (Lipinski definition) is 4. The lowest BCUT2D eigenvalue weighted by Gasteiger charge is -2.17. The van der Waals surface area contributed by atoms with Crippen molar-refractivity contribution in [2.75, 3.05) is 16.8 Å². The van der Waals surface area contributed by atoms with Crippen LogP contribution in [0.5, 0.6) is 0 Å². The molecule has 0 aliphatic carbocycles. The van der Waals surface area contributed by atoms with E-state index in [9.17, 15) is 14.0 Å². The summed E-state index contributed by atoms with van der Waals surface area (Å²) in [6.07, 6.45) is 1.80. The Bertz CT molecular complexity index is 675. The van der Waals surface area contributed by atoms with Gasteiger partial charge in [-0.1, -0.05) is 0 Å². The lowest BCUT2D eigenvalue weighted by atomic mass is 10.2. The Hall–Kier alpha value is -2.48. The van der Waals surface area contributed by atoms with E-state index in [4.69, 9.17) is 0 Å². The number of carbonyl (C=O) groups excluding carboxylic acids is 2. The van der Waals surface area contributed by atoms with Gasteiger partial charge in [-0.05, 0) is 24.3 Å². The van der Waals surface area contributed by atoms with E-state index in [-0.39, 0.29) is 24.2 Å². The van der Waals surface area contributed by atoms with Crippen LogP contribution in [0.15, 0.2) is 35.8 Å². The first-order chi connectivity index (χ1) is 10.6. The molecule has 0 radical (unpaired) electrons. The minimum Gasteiger partial charge on any atom is -0.333 e. The predicted octanol–water partition coefficient (Wildman–Crippen LogP) is 2.21. The van der Waals surface area contributed by atoms with E-state index in [2.05, 4.69) is 15.6 Å². The molecule has 2 aromatic rings. The number of nitrogens with zero attached hydrogens (tertiary/aromatic N) is 2. The van der Waals surface area contributed by atoms with Crippen LogP contribution in [-0.2, 0) is 4.79 Å². The number of anilines is 2. The molecule has 8 heteroatoms. The molecule has 0 saturated carbocycles. The minimum absolute atomic E-state index is 0.105. The molecular weight excluding hydrogens is 307 g/mol. The molecule has 6 nitrogen and oxygen atoms in total. The van der Waals surface area contributed by atoms with Crippen LogP contribution in [0.1, 0.15) is 6.42 Å². The molecule has 3 rings (SSSR count). The van der Waals surface area contributed by atoms with Gasteiger partial charge >= 0.3 is 6.03 Å². The van der Waals surface area contributed by atoms with Crippen LogP contribution >= 0.6 is 11.3 Å². The fraction of sp³-hybridized carbons (Fsp3) is 0.214. The first-order valence-corrected chi connectivity index (χ1v) is 7.53. The van der Waals surface area contributed by atoms with Crippen molar-refractivity contribution >= 4 is 34.1 Å². The second-order valence-corrected chi connectivity index (χ2v) is 5.71. The van der Waals surface area contributed by atoms with Gasteiger partial charge in [0.15, 0.2) is 5.13 Å². The quantitative estimate of drug-likeness (QED) is 0.910. The summed E-state index contributed by atoms with van der Waals surface area (Å²) in [5, 5.41) is 7.59. The molecule has 0 unspecified atom stereocenters. The van der Waals surface area contributed by atoms with Gasteiger partial charge in [-0.25, -0.2) is 14.2 Å². The first kappa shape index (κ1) is 14.5. The van der Waals surface area contributed by atoms with Gasteiger partial charge in [-0.2, -0.15) is 0 Å². The Morgan fingerprint density at radius 1 is 1.36 bits per heavy atom. The number of carbonyl (C=O) groups is 2. The Labute approximate surface area is 130 Å². The van der Waals surface area contributed by atoms with Gasteiger partial charge in [0.25, 0.3) is 0 Å². The molecule has 1 aliphatic rings. The number of halogens is 1. The summed E-state index contributed by atoms with van der Waals surface area (Å²) in [6.45, 7) is 0.357. The van der Waals surface area contributed by atoms with E-state index in [0.717, 1.165) is 0 Å². The Balaban J connectivity index is 1.59. The Morgan fingerprint density at radius 3 is 2.82 bits per heavy atom. The molecule has 114 valence electrons. The summed E-state index contributed by atoms with van der Waals surface area (Å²) in [4.78, 5) is 29.3. The minimum atomic E-state index is -0.395. The van der Waals surface area contributed by atoms with Crippen molar-refractivity contribution in [1.82, 2.24) is 10.3 Å². The van der Waals surface area contributed by atoms with Gasteiger partial charge in [0.1, 0.15) is 5.82 Å². The number of rotatable bonds is 3. The van der Waals surface area contributed by atoms with Gasteiger partial charge in [-0.15, -0.1) is 11.3 Å². The van der Waals surface area contributed by atoms with E-state index in [0.29, 0.717) is 17.4 Å². The van der Waals surface area contributed by atoms with Crippen LogP contribution in [0, 0.1) is 5.82 Å². The summed E-state index contributed by atoms with van der Waals surface area (Å²) in [5.41, 5.74) is 0.621. The molecule has 1 aromatic heterocycles. The number of hydrogen-bond donors (Lipinski definition) is 2. The third-order valence-corrected chi connectivity index (χ3v) is 3.94. The molecular formula is C14H13FN4O2S. The first-order valence-electron chi connectivity index (χ1n) is 6.65. The molecule has 2 N–H and O–H groups in total. The number of urea groups is 1. The molecule has 0 spiro atoms. The highest BCUT2D eigenvalue weighted by atomic mass is 32.1. The van der Waals surface area contributed by atoms with Crippen molar-refractivity contribution < 1.29 is 14.0 Å². The van der Waals surface area contributed by atoms with Crippen LogP contribution in [-0.4, -0.2) is 29.5 Å². The largest absolute Gasteiger partial charge is 0.333 e. The molecule has 22 heavy (non-hydrogen) atoms. The summed E-state index contributed by atoms with van der Waals surface area (Å²) in [7, 11) is 0. The number of thiazole rings is 1. The standard InChI is InChI=1S/C14H13FN4O2S/c15-9-1-3-11(4-2-9)19-8-10(7-12(19)20)17-13(21)18-14-16-5-6-22-14/h1-6,10H,7-8H2,(H2,16,17,18,21)/t10-/m1/s1. The molecule has 0 bridgehead atoms. The Kier molecular flexibility index (Phi) is 4.01. The predicted molar refractivity (Wildman–Crippen MR) is 81.4 cm³/mol. The summed E-state index contributed by atoms with van der Waals surface area (Å²) < 4.78 is 12.9. The monoisotopic (exact) mass is 320 g/mol.